The van der Waals surface area contributed by atoms with Crippen molar-refractivity contribution in [2.24, 2.45) is 0 Å². The molecule has 0 aliphatic rings. The number of hydrogen-bond acceptors (Lipinski definition) is 5. The van der Waals surface area contributed by atoms with Crippen LogP contribution in [-0.4, -0.2) is 36.1 Å². The summed E-state index contributed by atoms with van der Waals surface area (Å²) in [7, 11) is 1.57. The van der Waals surface area contributed by atoms with Crippen LogP contribution in [-0.2, 0) is 16.0 Å². The zero-order valence-corrected chi connectivity index (χ0v) is 18.5. The second kappa shape index (κ2) is 12.0. The first kappa shape index (κ1) is 24.2. The lowest BCUT2D eigenvalue weighted by Gasteiger charge is -2.18. The molecule has 0 fully saturated rings. The van der Waals surface area contributed by atoms with E-state index < -0.39 is 23.8 Å². The lowest BCUT2D eigenvalue weighted by molar-refractivity contribution is -0.123. The van der Waals surface area contributed by atoms with Crippen LogP contribution in [0.3, 0.4) is 0 Å². The molecule has 0 bridgehead atoms. The minimum absolute atomic E-state index is 0.231. The fraction of sp³-hybridized carbons (Fsp3) is 0.115. The van der Waals surface area contributed by atoms with E-state index in [1.165, 1.54) is 30.3 Å². The van der Waals surface area contributed by atoms with Crippen LogP contribution in [0.15, 0.2) is 84.9 Å². The van der Waals surface area contributed by atoms with Gasteiger partial charge in [-0.05, 0) is 53.6 Å². The largest absolute Gasteiger partial charge is 0.497 e. The van der Waals surface area contributed by atoms with E-state index in [0.717, 1.165) is 11.1 Å². The summed E-state index contributed by atoms with van der Waals surface area (Å²) in [5.41, 5.74) is 3.92. The van der Waals surface area contributed by atoms with E-state index in [0.29, 0.717) is 11.4 Å². The SMILES string of the molecule is COc1ccc(CC(NC(=O)/C=C/c2ccccc2)C(=O)Nc2ccc(C(=O)NO)cc2)cc1. The number of benzene rings is 3. The average Bonchev–Trinajstić information content (AvgIpc) is 2.88. The molecular formula is C26H25N3O5. The number of amides is 3. The van der Waals surface area contributed by atoms with E-state index in [-0.39, 0.29) is 12.0 Å². The van der Waals surface area contributed by atoms with Crippen molar-refractivity contribution in [3.63, 3.8) is 0 Å². The third-order valence-electron chi connectivity index (χ3n) is 4.97. The minimum Gasteiger partial charge on any atom is -0.497 e. The highest BCUT2D eigenvalue weighted by Gasteiger charge is 2.21. The molecule has 0 spiro atoms. The Bertz CT molecular complexity index is 1140. The van der Waals surface area contributed by atoms with Crippen molar-refractivity contribution in [1.82, 2.24) is 10.8 Å². The third-order valence-corrected chi connectivity index (χ3v) is 4.97. The van der Waals surface area contributed by atoms with Crippen LogP contribution < -0.4 is 20.9 Å². The van der Waals surface area contributed by atoms with E-state index in [9.17, 15) is 14.4 Å². The summed E-state index contributed by atoms with van der Waals surface area (Å²) < 4.78 is 5.17. The van der Waals surface area contributed by atoms with Crippen molar-refractivity contribution in [2.75, 3.05) is 12.4 Å². The molecule has 34 heavy (non-hydrogen) atoms. The van der Waals surface area contributed by atoms with Crippen LogP contribution in [0.5, 0.6) is 5.75 Å². The Labute approximate surface area is 197 Å². The molecule has 3 aromatic carbocycles. The van der Waals surface area contributed by atoms with Crippen molar-refractivity contribution >= 4 is 29.5 Å². The first-order valence-corrected chi connectivity index (χ1v) is 10.5. The number of anilines is 1. The molecule has 0 aliphatic carbocycles. The second-order valence-electron chi connectivity index (χ2n) is 7.36. The predicted molar refractivity (Wildman–Crippen MR) is 128 cm³/mol. The Morgan fingerprint density at radius 2 is 1.62 bits per heavy atom. The molecule has 3 aromatic rings. The summed E-state index contributed by atoms with van der Waals surface area (Å²) in [5.74, 6) is -0.802. The maximum Gasteiger partial charge on any atom is 0.274 e. The van der Waals surface area contributed by atoms with Gasteiger partial charge in [0.15, 0.2) is 0 Å². The first-order chi connectivity index (χ1) is 16.5. The van der Waals surface area contributed by atoms with E-state index in [4.69, 9.17) is 9.94 Å². The topological polar surface area (TPSA) is 117 Å². The minimum atomic E-state index is -0.860. The number of carbonyl (C=O) groups is 3. The van der Waals surface area contributed by atoms with Gasteiger partial charge >= 0.3 is 0 Å². The lowest BCUT2D eigenvalue weighted by atomic mass is 10.0. The molecule has 0 aromatic heterocycles. The Hall–Kier alpha value is -4.43. The van der Waals surface area contributed by atoms with Gasteiger partial charge in [-0.25, -0.2) is 5.48 Å². The van der Waals surface area contributed by atoms with E-state index in [2.05, 4.69) is 10.6 Å². The molecule has 0 aliphatic heterocycles. The first-order valence-electron chi connectivity index (χ1n) is 10.5. The fourth-order valence-electron chi connectivity index (χ4n) is 3.16. The zero-order valence-electron chi connectivity index (χ0n) is 18.5. The average molecular weight is 460 g/mol. The van der Waals surface area contributed by atoms with Gasteiger partial charge in [-0.2, -0.15) is 0 Å². The molecule has 0 heterocycles. The quantitative estimate of drug-likeness (QED) is 0.223. The van der Waals surface area contributed by atoms with E-state index >= 15 is 0 Å². The van der Waals surface area contributed by atoms with Crippen molar-refractivity contribution in [3.05, 3.63) is 102 Å². The van der Waals surface area contributed by atoms with Crippen LogP contribution in [0.25, 0.3) is 6.08 Å². The Morgan fingerprint density at radius 1 is 0.941 bits per heavy atom. The van der Waals surface area contributed by atoms with Gasteiger partial charge in [-0.3, -0.25) is 19.6 Å². The Morgan fingerprint density at radius 3 is 2.24 bits per heavy atom. The molecule has 1 atom stereocenters. The van der Waals surface area contributed by atoms with Gasteiger partial charge in [0.1, 0.15) is 11.8 Å². The van der Waals surface area contributed by atoms with Crippen LogP contribution in [0.4, 0.5) is 5.69 Å². The van der Waals surface area contributed by atoms with Crippen LogP contribution in [0.1, 0.15) is 21.5 Å². The van der Waals surface area contributed by atoms with Crippen LogP contribution in [0.2, 0.25) is 0 Å². The Kier molecular flexibility index (Phi) is 8.54. The van der Waals surface area contributed by atoms with Gasteiger partial charge in [0.25, 0.3) is 5.91 Å². The maximum absolute atomic E-state index is 13.0. The summed E-state index contributed by atoms with van der Waals surface area (Å²) in [6.07, 6.45) is 3.31. The molecular weight excluding hydrogens is 434 g/mol. The lowest BCUT2D eigenvalue weighted by Crippen LogP contribution is -2.44. The number of methoxy groups -OCH3 is 1. The molecule has 174 valence electrons. The normalized spacial score (nSPS) is 11.5. The Balaban J connectivity index is 1.73. The molecule has 8 heteroatoms. The standard InChI is InChI=1S/C26H25N3O5/c1-34-22-14-7-19(8-15-22)17-23(28-24(30)16-9-18-5-3-2-4-6-18)26(32)27-21-12-10-20(11-13-21)25(31)29-33/h2-16,23,33H,17H2,1H3,(H,27,32)(H,28,30)(H,29,31)/b16-9+. The highest BCUT2D eigenvalue weighted by molar-refractivity contribution is 6.00. The molecule has 1 unspecified atom stereocenters. The van der Waals surface area contributed by atoms with Crippen molar-refractivity contribution in [2.45, 2.75) is 12.5 Å². The van der Waals surface area contributed by atoms with Crippen LogP contribution >= 0.6 is 0 Å². The van der Waals surface area contributed by atoms with Crippen LogP contribution in [0, 0.1) is 0 Å². The highest BCUT2D eigenvalue weighted by atomic mass is 16.5. The summed E-state index contributed by atoms with van der Waals surface area (Å²) in [5, 5.41) is 14.2. The molecule has 8 nitrogen and oxygen atoms in total. The molecule has 3 amide bonds. The van der Waals surface area contributed by atoms with Gasteiger partial charge in [0, 0.05) is 23.7 Å². The van der Waals surface area contributed by atoms with E-state index in [1.807, 2.05) is 42.5 Å². The molecule has 4 N–H and O–H groups in total. The molecule has 0 saturated carbocycles. The van der Waals surface area contributed by atoms with Gasteiger partial charge in [0.2, 0.25) is 11.8 Å². The number of nitrogens with one attached hydrogen (secondary N) is 3. The second-order valence-corrected chi connectivity index (χ2v) is 7.36. The van der Waals surface area contributed by atoms with Gasteiger partial charge in [0.05, 0.1) is 7.11 Å². The molecule has 0 radical (unpaired) electrons. The van der Waals surface area contributed by atoms with Gasteiger partial charge in [-0.15, -0.1) is 0 Å². The fourth-order valence-corrected chi connectivity index (χ4v) is 3.16. The predicted octanol–water partition coefficient (Wildman–Crippen LogP) is 3.19. The van der Waals surface area contributed by atoms with Gasteiger partial charge < -0.3 is 15.4 Å². The van der Waals surface area contributed by atoms with Crippen molar-refractivity contribution in [1.29, 1.82) is 0 Å². The number of ether oxygens (including phenoxy) is 1. The maximum atomic E-state index is 13.0. The summed E-state index contributed by atoms with van der Waals surface area (Å²) in [6, 6.07) is 21.7. The molecule has 3 rings (SSSR count). The third kappa shape index (κ3) is 7.04. The highest BCUT2D eigenvalue weighted by Crippen LogP contribution is 2.15. The number of hydroxylamine groups is 1. The smallest absolute Gasteiger partial charge is 0.274 e. The van der Waals surface area contributed by atoms with Gasteiger partial charge in [-0.1, -0.05) is 42.5 Å². The summed E-state index contributed by atoms with van der Waals surface area (Å²) >= 11 is 0. The number of carbonyl (C=O) groups excluding carboxylic acids is 3. The number of hydrogen-bond donors (Lipinski definition) is 4. The monoisotopic (exact) mass is 459 g/mol. The van der Waals surface area contributed by atoms with E-state index in [1.54, 1.807) is 30.8 Å². The zero-order chi connectivity index (χ0) is 24.3. The molecule has 0 saturated heterocycles. The summed E-state index contributed by atoms with van der Waals surface area (Å²) in [4.78, 5) is 37.1. The number of rotatable bonds is 9. The van der Waals surface area contributed by atoms with Crippen molar-refractivity contribution < 1.29 is 24.3 Å². The van der Waals surface area contributed by atoms with Crippen molar-refractivity contribution in [3.8, 4) is 5.75 Å². The summed E-state index contributed by atoms with van der Waals surface area (Å²) in [6.45, 7) is 0.